The van der Waals surface area contributed by atoms with E-state index in [0.717, 1.165) is 29.2 Å². The number of aromatic nitrogens is 2. The average molecular weight is 322 g/mol. The summed E-state index contributed by atoms with van der Waals surface area (Å²) in [4.78, 5) is 4.54. The van der Waals surface area contributed by atoms with Crippen LogP contribution in [0.4, 0.5) is 5.95 Å². The van der Waals surface area contributed by atoms with Gasteiger partial charge in [0.1, 0.15) is 0 Å². The van der Waals surface area contributed by atoms with Gasteiger partial charge in [-0.1, -0.05) is 47.5 Å². The number of hydrogen-bond donors (Lipinski definition) is 1. The maximum Gasteiger partial charge on any atom is 0.203 e. The molecule has 0 spiro atoms. The Kier molecular flexibility index (Phi) is 5.02. The van der Waals surface area contributed by atoms with Gasteiger partial charge in [0.25, 0.3) is 0 Å². The fourth-order valence-corrected chi connectivity index (χ4v) is 2.43. The van der Waals surface area contributed by atoms with Gasteiger partial charge < -0.3 is 9.88 Å². The van der Waals surface area contributed by atoms with Crippen LogP contribution >= 0.6 is 15.9 Å². The molecule has 3 nitrogen and oxygen atoms in total. The van der Waals surface area contributed by atoms with E-state index in [2.05, 4.69) is 62.1 Å². The van der Waals surface area contributed by atoms with Crippen LogP contribution in [0.2, 0.25) is 0 Å². The Balaban J connectivity index is 2.05. The van der Waals surface area contributed by atoms with E-state index in [1.807, 2.05) is 13.0 Å². The lowest BCUT2D eigenvalue weighted by Gasteiger charge is -2.10. The molecule has 0 bridgehead atoms. The van der Waals surface area contributed by atoms with Crippen molar-refractivity contribution >= 4 is 21.9 Å². The van der Waals surface area contributed by atoms with Crippen LogP contribution in [-0.4, -0.2) is 9.55 Å². The summed E-state index contributed by atoms with van der Waals surface area (Å²) >= 11 is 3.57. The maximum absolute atomic E-state index is 4.54. The first-order valence-corrected chi connectivity index (χ1v) is 7.51. The first-order valence-electron chi connectivity index (χ1n) is 6.71. The Morgan fingerprint density at radius 1 is 1.32 bits per heavy atom. The minimum atomic E-state index is 0.782. The molecule has 0 atom stereocenters. The molecule has 2 aromatic rings. The van der Waals surface area contributed by atoms with Crippen molar-refractivity contribution < 1.29 is 0 Å². The Bertz CT molecular complexity index is 534. The highest BCUT2D eigenvalue weighted by molar-refractivity contribution is 9.10. The second-order valence-electron chi connectivity index (χ2n) is 4.70. The topological polar surface area (TPSA) is 29.9 Å². The van der Waals surface area contributed by atoms with Crippen molar-refractivity contribution in [2.24, 2.45) is 0 Å². The van der Waals surface area contributed by atoms with Gasteiger partial charge in [0.05, 0.1) is 5.69 Å². The van der Waals surface area contributed by atoms with Gasteiger partial charge in [0.2, 0.25) is 5.95 Å². The molecule has 0 aliphatic heterocycles. The highest BCUT2D eigenvalue weighted by Crippen LogP contribution is 2.18. The Labute approximate surface area is 123 Å². The summed E-state index contributed by atoms with van der Waals surface area (Å²) < 4.78 is 3.33. The molecule has 1 N–H and O–H groups in total. The number of anilines is 1. The third-order valence-electron chi connectivity index (χ3n) is 3.04. The van der Waals surface area contributed by atoms with Crippen LogP contribution in [0.25, 0.3) is 0 Å². The molecule has 0 fully saturated rings. The van der Waals surface area contributed by atoms with E-state index in [1.165, 1.54) is 18.4 Å². The lowest BCUT2D eigenvalue weighted by molar-refractivity contribution is 0.634. The summed E-state index contributed by atoms with van der Waals surface area (Å²) in [5.74, 6) is 0.960. The van der Waals surface area contributed by atoms with Crippen molar-refractivity contribution in [3.8, 4) is 0 Å². The van der Waals surface area contributed by atoms with Crippen LogP contribution in [0.15, 0.2) is 34.9 Å². The average Bonchev–Trinajstić information content (AvgIpc) is 2.76. The summed E-state index contributed by atoms with van der Waals surface area (Å²) in [6.07, 6.45) is 4.48. The van der Waals surface area contributed by atoms with Gasteiger partial charge >= 0.3 is 0 Å². The van der Waals surface area contributed by atoms with Crippen LogP contribution in [0.1, 0.15) is 31.0 Å². The highest BCUT2D eigenvalue weighted by atomic mass is 79.9. The highest BCUT2D eigenvalue weighted by Gasteiger charge is 2.05. The fraction of sp³-hybridized carbons (Fsp3) is 0.400. The number of benzene rings is 1. The molecule has 1 aromatic carbocycles. The summed E-state index contributed by atoms with van der Waals surface area (Å²) in [5, 5.41) is 3.42. The molecule has 19 heavy (non-hydrogen) atoms. The van der Waals surface area contributed by atoms with Crippen molar-refractivity contribution in [3.05, 3.63) is 46.2 Å². The summed E-state index contributed by atoms with van der Waals surface area (Å²) in [6.45, 7) is 6.05. The van der Waals surface area contributed by atoms with E-state index in [4.69, 9.17) is 0 Å². The molecule has 0 radical (unpaired) electrons. The summed E-state index contributed by atoms with van der Waals surface area (Å²) in [7, 11) is 0. The SMILES string of the molecule is CCCCn1cc(C)nc1NCc1ccccc1Br. The molecule has 0 aliphatic rings. The normalized spacial score (nSPS) is 10.7. The predicted octanol–water partition coefficient (Wildman–Crippen LogP) is 4.37. The molecule has 0 unspecified atom stereocenters. The lowest BCUT2D eigenvalue weighted by Crippen LogP contribution is -2.07. The molecular weight excluding hydrogens is 302 g/mol. The zero-order chi connectivity index (χ0) is 13.7. The second kappa shape index (κ2) is 6.75. The van der Waals surface area contributed by atoms with Gasteiger partial charge in [-0.3, -0.25) is 0 Å². The predicted molar refractivity (Wildman–Crippen MR) is 83.3 cm³/mol. The third kappa shape index (κ3) is 3.83. The first kappa shape index (κ1) is 14.1. The minimum Gasteiger partial charge on any atom is -0.352 e. The van der Waals surface area contributed by atoms with Gasteiger partial charge in [-0.15, -0.1) is 0 Å². The number of nitrogens with zero attached hydrogens (tertiary/aromatic N) is 2. The second-order valence-corrected chi connectivity index (χ2v) is 5.55. The molecule has 1 heterocycles. The van der Waals surface area contributed by atoms with Gasteiger partial charge in [-0.05, 0) is 25.0 Å². The van der Waals surface area contributed by atoms with Crippen molar-refractivity contribution in [3.63, 3.8) is 0 Å². The van der Waals surface area contributed by atoms with Crippen LogP contribution < -0.4 is 5.32 Å². The van der Waals surface area contributed by atoms with Crippen molar-refractivity contribution in [1.29, 1.82) is 0 Å². The molecule has 1 aromatic heterocycles. The van der Waals surface area contributed by atoms with Gasteiger partial charge in [0.15, 0.2) is 0 Å². The molecule has 4 heteroatoms. The Morgan fingerprint density at radius 2 is 2.11 bits per heavy atom. The van der Waals surface area contributed by atoms with E-state index >= 15 is 0 Å². The third-order valence-corrected chi connectivity index (χ3v) is 3.82. The van der Waals surface area contributed by atoms with Crippen molar-refractivity contribution in [2.75, 3.05) is 5.32 Å². The Hall–Kier alpha value is -1.29. The molecule has 102 valence electrons. The number of aryl methyl sites for hydroxylation is 2. The van der Waals surface area contributed by atoms with Gasteiger partial charge in [-0.25, -0.2) is 4.98 Å². The zero-order valence-electron chi connectivity index (χ0n) is 11.5. The molecular formula is C15H20BrN3. The van der Waals surface area contributed by atoms with E-state index in [1.54, 1.807) is 0 Å². The van der Waals surface area contributed by atoms with Crippen LogP contribution in [-0.2, 0) is 13.1 Å². The van der Waals surface area contributed by atoms with E-state index in [-0.39, 0.29) is 0 Å². The molecule has 0 saturated carbocycles. The quantitative estimate of drug-likeness (QED) is 0.856. The fourth-order valence-electron chi connectivity index (χ4n) is 2.00. The number of imidazole rings is 1. The number of nitrogens with one attached hydrogen (secondary N) is 1. The van der Waals surface area contributed by atoms with Gasteiger partial charge in [0, 0.05) is 23.8 Å². The number of rotatable bonds is 6. The van der Waals surface area contributed by atoms with E-state index in [9.17, 15) is 0 Å². The molecule has 0 saturated heterocycles. The van der Waals surface area contributed by atoms with Crippen LogP contribution in [0, 0.1) is 6.92 Å². The molecule has 0 amide bonds. The van der Waals surface area contributed by atoms with Crippen LogP contribution in [0.5, 0.6) is 0 Å². The largest absolute Gasteiger partial charge is 0.352 e. The number of hydrogen-bond acceptors (Lipinski definition) is 2. The number of halogens is 1. The van der Waals surface area contributed by atoms with Crippen LogP contribution in [0.3, 0.4) is 0 Å². The maximum atomic E-state index is 4.54. The molecule has 0 aliphatic carbocycles. The zero-order valence-corrected chi connectivity index (χ0v) is 13.1. The lowest BCUT2D eigenvalue weighted by atomic mass is 10.2. The first-order chi connectivity index (χ1) is 9.20. The monoisotopic (exact) mass is 321 g/mol. The molecule has 2 rings (SSSR count). The van der Waals surface area contributed by atoms with E-state index in [0.29, 0.717) is 0 Å². The summed E-state index contributed by atoms with van der Waals surface area (Å²) in [5.41, 5.74) is 2.30. The van der Waals surface area contributed by atoms with E-state index < -0.39 is 0 Å². The van der Waals surface area contributed by atoms with Gasteiger partial charge in [-0.2, -0.15) is 0 Å². The van der Waals surface area contributed by atoms with Crippen molar-refractivity contribution in [1.82, 2.24) is 9.55 Å². The standard InChI is InChI=1S/C15H20BrN3/c1-3-4-9-19-11-12(2)18-15(19)17-10-13-7-5-6-8-14(13)16/h5-8,11H,3-4,9-10H2,1-2H3,(H,17,18). The summed E-state index contributed by atoms with van der Waals surface area (Å²) in [6, 6.07) is 8.26. The smallest absolute Gasteiger partial charge is 0.203 e. The number of unbranched alkanes of at least 4 members (excludes halogenated alkanes) is 1. The van der Waals surface area contributed by atoms with Crippen molar-refractivity contribution in [2.45, 2.75) is 39.8 Å². The Morgan fingerprint density at radius 3 is 2.84 bits per heavy atom. The minimum absolute atomic E-state index is 0.782.